The fourth-order valence-corrected chi connectivity index (χ4v) is 4.09. The lowest BCUT2D eigenvalue weighted by Crippen LogP contribution is -2.49. The van der Waals surface area contributed by atoms with Crippen LogP contribution in [0.5, 0.6) is 0 Å². The maximum Gasteiger partial charge on any atom is 0.348 e. The monoisotopic (exact) mass is 459 g/mol. The number of pyridine rings is 1. The molecule has 10 heteroatoms. The minimum Gasteiger partial charge on any atom is -0.455 e. The van der Waals surface area contributed by atoms with Crippen molar-refractivity contribution in [2.75, 3.05) is 18.4 Å². The molecule has 33 heavy (non-hydrogen) atoms. The summed E-state index contributed by atoms with van der Waals surface area (Å²) in [5.74, 6) is 2.13. The molecule has 0 atom stereocenters. The first-order chi connectivity index (χ1) is 16.1. The van der Waals surface area contributed by atoms with E-state index in [4.69, 9.17) is 4.74 Å². The minimum absolute atomic E-state index is 0.0295. The molecule has 0 aromatic carbocycles. The largest absolute Gasteiger partial charge is 0.455 e. The molecule has 2 N–H and O–H groups in total. The van der Waals surface area contributed by atoms with Crippen LogP contribution in [-0.4, -0.2) is 50.1 Å². The van der Waals surface area contributed by atoms with Crippen LogP contribution in [0.25, 0.3) is 11.5 Å². The average molecular weight is 460 g/mol. The van der Waals surface area contributed by atoms with Crippen molar-refractivity contribution in [2.45, 2.75) is 19.4 Å². The fourth-order valence-electron chi connectivity index (χ4n) is 3.20. The van der Waals surface area contributed by atoms with Gasteiger partial charge in [0.15, 0.2) is 5.82 Å². The molecule has 5 heterocycles. The van der Waals surface area contributed by atoms with Gasteiger partial charge in [-0.15, -0.1) is 11.3 Å². The Kier molecular flexibility index (Phi) is 6.01. The van der Waals surface area contributed by atoms with Gasteiger partial charge in [-0.3, -0.25) is 0 Å². The van der Waals surface area contributed by atoms with Crippen molar-refractivity contribution in [3.63, 3.8) is 0 Å². The zero-order chi connectivity index (χ0) is 22.6. The van der Waals surface area contributed by atoms with E-state index in [1.807, 2.05) is 31.2 Å². The summed E-state index contributed by atoms with van der Waals surface area (Å²) < 4.78 is 5.42. The van der Waals surface area contributed by atoms with E-state index in [2.05, 4.69) is 35.6 Å². The number of rotatable bonds is 7. The summed E-state index contributed by atoms with van der Waals surface area (Å²) in [7, 11) is 0. The molecule has 0 spiro atoms. The lowest BCUT2D eigenvalue weighted by molar-refractivity contribution is 0.0175. The maximum absolute atomic E-state index is 12.2. The number of anilines is 2. The van der Waals surface area contributed by atoms with Gasteiger partial charge in [-0.25, -0.2) is 29.7 Å². The van der Waals surface area contributed by atoms with Crippen molar-refractivity contribution in [3.8, 4) is 11.5 Å². The van der Waals surface area contributed by atoms with E-state index < -0.39 is 0 Å². The van der Waals surface area contributed by atoms with Crippen LogP contribution in [0, 0.1) is 6.92 Å². The van der Waals surface area contributed by atoms with Crippen LogP contribution >= 0.6 is 11.3 Å². The summed E-state index contributed by atoms with van der Waals surface area (Å²) in [4.78, 5) is 36.1. The Morgan fingerprint density at radius 1 is 1.06 bits per heavy atom. The van der Waals surface area contributed by atoms with Gasteiger partial charge < -0.3 is 15.4 Å². The highest BCUT2D eigenvalue weighted by Gasteiger charge is 2.22. The molecule has 0 saturated carbocycles. The lowest BCUT2D eigenvalue weighted by Gasteiger charge is -2.26. The van der Waals surface area contributed by atoms with E-state index in [0.717, 1.165) is 10.6 Å². The molecule has 9 nitrogen and oxygen atoms in total. The topological polar surface area (TPSA) is 115 Å². The highest BCUT2D eigenvalue weighted by molar-refractivity contribution is 7.13. The van der Waals surface area contributed by atoms with Gasteiger partial charge >= 0.3 is 5.97 Å². The number of thiophene rings is 1. The number of aryl methyl sites for hydroxylation is 1. The van der Waals surface area contributed by atoms with E-state index in [0.29, 0.717) is 53.4 Å². The molecule has 0 amide bonds. The SMILES string of the molecule is Cc1cccc(-c2nccc(Nc3ccnc(Cc4ccc(C(=O)OC5CNC5)s4)n3)n2)n1. The number of carbonyl (C=O) groups is 1. The zero-order valence-electron chi connectivity index (χ0n) is 17.9. The number of carbonyl (C=O) groups excluding carboxylic acids is 1. The van der Waals surface area contributed by atoms with Crippen molar-refractivity contribution in [3.05, 3.63) is 76.1 Å². The van der Waals surface area contributed by atoms with Crippen LogP contribution in [0.15, 0.2) is 54.9 Å². The second kappa shape index (κ2) is 9.39. The van der Waals surface area contributed by atoms with Crippen molar-refractivity contribution in [1.29, 1.82) is 0 Å². The third-order valence-corrected chi connectivity index (χ3v) is 6.01. The summed E-state index contributed by atoms with van der Waals surface area (Å²) >= 11 is 1.40. The summed E-state index contributed by atoms with van der Waals surface area (Å²) in [6, 6.07) is 13.0. The number of hydrogen-bond donors (Lipinski definition) is 2. The van der Waals surface area contributed by atoms with Crippen molar-refractivity contribution in [2.24, 2.45) is 0 Å². The highest BCUT2D eigenvalue weighted by atomic mass is 32.1. The third-order valence-electron chi connectivity index (χ3n) is 4.95. The average Bonchev–Trinajstić information content (AvgIpc) is 3.25. The standard InChI is InChI=1S/C23H21N7O2S/c1-14-3-2-4-17(27-14)22-26-10-8-20(30-22)28-19-7-9-25-21(29-19)11-16-5-6-18(33-16)23(31)32-15-12-24-13-15/h2-10,15,24H,11-13H2,1H3,(H,25,26,28,29,30). The Labute approximate surface area is 194 Å². The van der Waals surface area contributed by atoms with Gasteiger partial charge in [-0.1, -0.05) is 6.07 Å². The zero-order valence-corrected chi connectivity index (χ0v) is 18.7. The first-order valence-electron chi connectivity index (χ1n) is 10.5. The molecule has 1 aliphatic heterocycles. The van der Waals surface area contributed by atoms with Gasteiger partial charge in [0.25, 0.3) is 0 Å². The van der Waals surface area contributed by atoms with E-state index >= 15 is 0 Å². The summed E-state index contributed by atoms with van der Waals surface area (Å²) in [6.07, 6.45) is 3.86. The molecule has 1 saturated heterocycles. The molecule has 4 aromatic rings. The van der Waals surface area contributed by atoms with Crippen LogP contribution in [0.2, 0.25) is 0 Å². The van der Waals surface area contributed by atoms with Crippen LogP contribution in [0.3, 0.4) is 0 Å². The smallest absolute Gasteiger partial charge is 0.348 e. The van der Waals surface area contributed by atoms with Gasteiger partial charge in [-0.2, -0.15) is 0 Å². The number of esters is 1. The lowest BCUT2D eigenvalue weighted by atomic mass is 10.2. The molecular weight excluding hydrogens is 438 g/mol. The van der Waals surface area contributed by atoms with E-state index in [9.17, 15) is 4.79 Å². The normalized spacial score (nSPS) is 13.4. The van der Waals surface area contributed by atoms with Gasteiger partial charge in [0.05, 0.1) is 0 Å². The van der Waals surface area contributed by atoms with E-state index in [1.54, 1.807) is 30.6 Å². The Morgan fingerprint density at radius 2 is 1.88 bits per heavy atom. The van der Waals surface area contributed by atoms with Gasteiger partial charge in [0.2, 0.25) is 0 Å². The van der Waals surface area contributed by atoms with E-state index in [-0.39, 0.29) is 12.1 Å². The Morgan fingerprint density at radius 3 is 2.67 bits per heavy atom. The molecule has 5 rings (SSSR count). The first-order valence-corrected chi connectivity index (χ1v) is 11.3. The predicted molar refractivity (Wildman–Crippen MR) is 125 cm³/mol. The summed E-state index contributed by atoms with van der Waals surface area (Å²) in [5.41, 5.74) is 1.61. The predicted octanol–water partition coefficient (Wildman–Crippen LogP) is 3.16. The van der Waals surface area contributed by atoms with Gasteiger partial charge in [-0.05, 0) is 43.3 Å². The molecule has 0 radical (unpaired) electrons. The fraction of sp³-hybridized carbons (Fsp3) is 0.217. The highest BCUT2D eigenvalue weighted by Crippen LogP contribution is 2.22. The van der Waals surface area contributed by atoms with Crippen LogP contribution in [0.4, 0.5) is 11.6 Å². The van der Waals surface area contributed by atoms with Crippen LogP contribution in [0.1, 0.15) is 26.1 Å². The maximum atomic E-state index is 12.2. The molecule has 1 fully saturated rings. The van der Waals surface area contributed by atoms with E-state index in [1.165, 1.54) is 11.3 Å². The number of aromatic nitrogens is 5. The summed E-state index contributed by atoms with van der Waals surface area (Å²) in [6.45, 7) is 3.36. The van der Waals surface area contributed by atoms with Crippen molar-refractivity contribution in [1.82, 2.24) is 30.2 Å². The third kappa shape index (κ3) is 5.18. The second-order valence-electron chi connectivity index (χ2n) is 7.54. The Bertz CT molecular complexity index is 1290. The molecular formula is C23H21N7O2S. The van der Waals surface area contributed by atoms with Gasteiger partial charge in [0, 0.05) is 42.5 Å². The molecule has 0 bridgehead atoms. The van der Waals surface area contributed by atoms with Crippen molar-refractivity contribution >= 4 is 28.9 Å². The molecule has 0 unspecified atom stereocenters. The Balaban J connectivity index is 1.26. The van der Waals surface area contributed by atoms with Gasteiger partial charge in [0.1, 0.15) is 34.1 Å². The minimum atomic E-state index is -0.281. The Hall–Kier alpha value is -3.76. The molecule has 1 aliphatic rings. The molecule has 0 aliphatic carbocycles. The summed E-state index contributed by atoms with van der Waals surface area (Å²) in [5, 5.41) is 6.29. The number of ether oxygens (including phenoxy) is 1. The quantitative estimate of drug-likeness (QED) is 0.402. The molecule has 4 aromatic heterocycles. The number of nitrogens with one attached hydrogen (secondary N) is 2. The second-order valence-corrected chi connectivity index (χ2v) is 8.71. The van der Waals surface area contributed by atoms with Crippen molar-refractivity contribution < 1.29 is 9.53 Å². The number of hydrogen-bond acceptors (Lipinski definition) is 10. The van der Waals surface area contributed by atoms with Crippen LogP contribution in [-0.2, 0) is 11.2 Å². The first kappa shape index (κ1) is 21.1. The van der Waals surface area contributed by atoms with Crippen LogP contribution < -0.4 is 10.6 Å². The molecule has 166 valence electrons. The number of nitrogens with zero attached hydrogens (tertiary/aromatic N) is 5.